The lowest BCUT2D eigenvalue weighted by molar-refractivity contribution is -0.280. The van der Waals surface area contributed by atoms with Crippen molar-refractivity contribution in [2.45, 2.75) is 140 Å². The number of benzene rings is 1. The molecule has 2 rings (SSSR count). The Morgan fingerprint density at radius 1 is 0.974 bits per heavy atom. The number of carbonyl (C=O) groups excluding carboxylic acids is 1. The quantitative estimate of drug-likeness (QED) is 0.264. The summed E-state index contributed by atoms with van der Waals surface area (Å²) >= 11 is 0. The molecular formula is C33H56O5. The van der Waals surface area contributed by atoms with Crippen molar-refractivity contribution < 1.29 is 24.5 Å². The molecule has 1 aromatic carbocycles. The highest BCUT2D eigenvalue weighted by Crippen LogP contribution is 2.54. The van der Waals surface area contributed by atoms with Crippen molar-refractivity contribution in [3.63, 3.8) is 0 Å². The Morgan fingerprint density at radius 2 is 1.55 bits per heavy atom. The Labute approximate surface area is 232 Å². The van der Waals surface area contributed by atoms with E-state index in [-0.39, 0.29) is 57.4 Å². The van der Waals surface area contributed by atoms with Crippen molar-refractivity contribution >= 4 is 5.78 Å². The second kappa shape index (κ2) is 12.0. The van der Waals surface area contributed by atoms with E-state index < -0.39 is 6.29 Å². The van der Waals surface area contributed by atoms with Crippen LogP contribution in [-0.4, -0.2) is 34.3 Å². The fourth-order valence-corrected chi connectivity index (χ4v) is 5.30. The van der Waals surface area contributed by atoms with E-state index in [1.54, 1.807) is 18.2 Å². The number of aliphatic hydroxyl groups is 1. The number of hydrogen-bond donors (Lipinski definition) is 2. The first-order valence-electron chi connectivity index (χ1n) is 14.6. The van der Waals surface area contributed by atoms with Gasteiger partial charge in [0, 0.05) is 12.0 Å². The molecule has 1 fully saturated rings. The minimum atomic E-state index is -0.721. The van der Waals surface area contributed by atoms with Gasteiger partial charge in [0.15, 0.2) is 12.1 Å². The largest absolute Gasteiger partial charge is 0.507 e. The van der Waals surface area contributed by atoms with E-state index >= 15 is 0 Å². The fourth-order valence-electron chi connectivity index (χ4n) is 5.30. The molecule has 0 radical (unpaired) electrons. The number of ketones is 1. The van der Waals surface area contributed by atoms with Gasteiger partial charge in [0.2, 0.25) is 0 Å². The first-order valence-corrected chi connectivity index (χ1v) is 14.6. The topological polar surface area (TPSA) is 76.0 Å². The van der Waals surface area contributed by atoms with Crippen LogP contribution in [-0.2, 0) is 9.47 Å². The van der Waals surface area contributed by atoms with Gasteiger partial charge < -0.3 is 19.7 Å². The van der Waals surface area contributed by atoms with E-state index in [2.05, 4.69) is 76.2 Å². The number of Topliss-reactive ketones (excluding diaryl/α,β-unsaturated/α-hetero) is 1. The van der Waals surface area contributed by atoms with E-state index in [1.165, 1.54) is 6.92 Å². The summed E-state index contributed by atoms with van der Waals surface area (Å²) < 4.78 is 12.9. The van der Waals surface area contributed by atoms with Crippen molar-refractivity contribution in [3.8, 4) is 5.75 Å². The van der Waals surface area contributed by atoms with Crippen LogP contribution in [0.1, 0.15) is 137 Å². The smallest absolute Gasteiger partial charge is 0.188 e. The Balaban J connectivity index is 2.27. The van der Waals surface area contributed by atoms with Gasteiger partial charge in [-0.05, 0) is 78.4 Å². The Morgan fingerprint density at radius 3 is 2.08 bits per heavy atom. The summed E-state index contributed by atoms with van der Waals surface area (Å²) in [6.45, 7) is 26.3. The molecule has 4 atom stereocenters. The van der Waals surface area contributed by atoms with Crippen LogP contribution in [0.3, 0.4) is 0 Å². The monoisotopic (exact) mass is 532 g/mol. The zero-order valence-corrected chi connectivity index (χ0v) is 26.3. The van der Waals surface area contributed by atoms with E-state index in [4.69, 9.17) is 9.47 Å². The third kappa shape index (κ3) is 7.20. The van der Waals surface area contributed by atoms with Gasteiger partial charge in [-0.2, -0.15) is 0 Å². The Kier molecular flexibility index (Phi) is 10.3. The predicted molar refractivity (Wildman–Crippen MR) is 155 cm³/mol. The zero-order chi connectivity index (χ0) is 29.3. The first-order chi connectivity index (χ1) is 17.3. The van der Waals surface area contributed by atoms with Crippen LogP contribution >= 0.6 is 0 Å². The molecular weight excluding hydrogens is 476 g/mol. The third-order valence-electron chi connectivity index (χ3n) is 10.5. The second-order valence-electron chi connectivity index (χ2n) is 14.6. The highest BCUT2D eigenvalue weighted by Gasteiger charge is 2.49. The van der Waals surface area contributed by atoms with Crippen molar-refractivity contribution in [2.24, 2.45) is 27.6 Å². The van der Waals surface area contributed by atoms with E-state index in [1.807, 2.05) is 0 Å². The molecule has 1 aliphatic heterocycles. The van der Waals surface area contributed by atoms with Crippen LogP contribution in [0.5, 0.6) is 5.75 Å². The van der Waals surface area contributed by atoms with Crippen LogP contribution in [0.25, 0.3) is 0 Å². The minimum Gasteiger partial charge on any atom is -0.507 e. The van der Waals surface area contributed by atoms with Gasteiger partial charge in [-0.25, -0.2) is 0 Å². The number of aromatic hydroxyl groups is 1. The van der Waals surface area contributed by atoms with E-state index in [9.17, 15) is 15.0 Å². The lowest BCUT2D eigenvalue weighted by Gasteiger charge is -2.52. The summed E-state index contributed by atoms with van der Waals surface area (Å²) in [6.07, 6.45) is 3.36. The molecule has 0 saturated carbocycles. The average molecular weight is 533 g/mol. The zero-order valence-electron chi connectivity index (χ0n) is 26.3. The SMILES string of the molecule is CCC1CC(C(C)(C)C(C)(C)CCC(C)(C)C(C)(C)C[C@@H](O)C(C)C)OC(c2cc(C(C)=O)ccc2O)O1. The van der Waals surface area contributed by atoms with Gasteiger partial charge in [0.25, 0.3) is 0 Å². The molecule has 0 aliphatic carbocycles. The van der Waals surface area contributed by atoms with Gasteiger partial charge in [-0.15, -0.1) is 0 Å². The Hall–Kier alpha value is -1.43. The molecule has 38 heavy (non-hydrogen) atoms. The summed E-state index contributed by atoms with van der Waals surface area (Å²) in [5.74, 6) is 0.278. The number of hydrogen-bond acceptors (Lipinski definition) is 5. The Bertz CT molecular complexity index is 943. The minimum absolute atomic E-state index is 0.00195. The molecule has 0 spiro atoms. The predicted octanol–water partition coefficient (Wildman–Crippen LogP) is 8.47. The molecule has 0 amide bonds. The molecule has 1 aliphatic rings. The number of phenolic OH excluding ortho intramolecular Hbond substituents is 1. The van der Waals surface area contributed by atoms with Gasteiger partial charge in [0.05, 0.1) is 23.9 Å². The van der Waals surface area contributed by atoms with Gasteiger partial charge in [-0.1, -0.05) is 76.2 Å². The van der Waals surface area contributed by atoms with Crippen molar-refractivity contribution in [2.75, 3.05) is 0 Å². The molecule has 218 valence electrons. The lowest BCUT2D eigenvalue weighted by atomic mass is 9.57. The van der Waals surface area contributed by atoms with Crippen LogP contribution in [0.2, 0.25) is 0 Å². The molecule has 1 saturated heterocycles. The highest BCUT2D eigenvalue weighted by atomic mass is 16.7. The average Bonchev–Trinajstić information content (AvgIpc) is 2.82. The fraction of sp³-hybridized carbons (Fsp3) is 0.788. The van der Waals surface area contributed by atoms with E-state index in [0.717, 1.165) is 32.1 Å². The number of carbonyl (C=O) groups is 1. The van der Waals surface area contributed by atoms with Crippen LogP contribution in [0, 0.1) is 27.6 Å². The van der Waals surface area contributed by atoms with Crippen molar-refractivity contribution in [3.05, 3.63) is 29.3 Å². The molecule has 5 heteroatoms. The lowest BCUT2D eigenvalue weighted by Crippen LogP contribution is -2.49. The van der Waals surface area contributed by atoms with Crippen LogP contribution < -0.4 is 0 Å². The highest BCUT2D eigenvalue weighted by molar-refractivity contribution is 5.94. The molecule has 0 aromatic heterocycles. The summed E-state index contributed by atoms with van der Waals surface area (Å²) in [7, 11) is 0. The molecule has 3 unspecified atom stereocenters. The van der Waals surface area contributed by atoms with Crippen LogP contribution in [0.4, 0.5) is 0 Å². The van der Waals surface area contributed by atoms with Gasteiger partial charge in [0.1, 0.15) is 5.75 Å². The van der Waals surface area contributed by atoms with Crippen molar-refractivity contribution in [1.82, 2.24) is 0 Å². The molecule has 1 aromatic rings. The summed E-state index contributed by atoms with van der Waals surface area (Å²) in [6, 6.07) is 4.89. The maximum Gasteiger partial charge on any atom is 0.188 e. The summed E-state index contributed by atoms with van der Waals surface area (Å²) in [5.41, 5.74) is 0.844. The first kappa shape index (κ1) is 32.8. The number of phenols is 1. The number of rotatable bonds is 12. The maximum absolute atomic E-state index is 12.0. The molecule has 2 N–H and O–H groups in total. The molecule has 1 heterocycles. The maximum atomic E-state index is 12.0. The number of aliphatic hydroxyl groups excluding tert-OH is 1. The molecule has 5 nitrogen and oxygen atoms in total. The molecule has 0 bridgehead atoms. The normalized spacial score (nSPS) is 22.5. The third-order valence-corrected chi connectivity index (χ3v) is 10.5. The summed E-state index contributed by atoms with van der Waals surface area (Å²) in [5, 5.41) is 21.3. The van der Waals surface area contributed by atoms with E-state index in [0.29, 0.717) is 11.1 Å². The summed E-state index contributed by atoms with van der Waals surface area (Å²) in [4.78, 5) is 12.0. The van der Waals surface area contributed by atoms with Crippen molar-refractivity contribution in [1.29, 1.82) is 0 Å². The van der Waals surface area contributed by atoms with Gasteiger partial charge in [-0.3, -0.25) is 4.79 Å². The standard InChI is InChI=1S/C33H56O5/c1-13-24-19-28(38-29(37-24)25-18-23(22(4)34)14-15-26(25)35)33(11,12)31(7,8)17-16-30(5,6)32(9,10)20-27(36)21(2)3/h14-15,18,21,24,27-29,35-36H,13,16-17,19-20H2,1-12H3/t24?,27-,28?,29?/m1/s1. The van der Waals surface area contributed by atoms with Gasteiger partial charge >= 0.3 is 0 Å². The number of ether oxygens (including phenoxy) is 2. The van der Waals surface area contributed by atoms with Crippen LogP contribution in [0.15, 0.2) is 18.2 Å². The second-order valence-corrected chi connectivity index (χ2v) is 14.6.